The smallest absolute Gasteiger partial charge is 0.287 e. The lowest BCUT2D eigenvalue weighted by Crippen LogP contribution is -2.12. The molecule has 0 aliphatic heterocycles. The molecular formula is C23H37N3O3. The normalized spacial score (nSPS) is 11.1. The van der Waals surface area contributed by atoms with Crippen molar-refractivity contribution in [3.05, 3.63) is 40.6 Å². The number of carbonyl (C=O) groups excluding carboxylic acids is 1. The highest BCUT2D eigenvalue weighted by atomic mass is 16.6. The molecule has 0 saturated heterocycles. The van der Waals surface area contributed by atoms with Crippen LogP contribution in [-0.2, 0) is 4.79 Å². The molecule has 0 aromatic carbocycles. The first-order valence-electron chi connectivity index (χ1n) is 11.2. The Morgan fingerprint density at radius 3 is 2.10 bits per heavy atom. The van der Waals surface area contributed by atoms with E-state index in [0.29, 0.717) is 12.2 Å². The van der Waals surface area contributed by atoms with Gasteiger partial charge in [-0.25, -0.2) is 4.98 Å². The molecule has 1 rings (SSSR count). The number of rotatable bonds is 17. The SMILES string of the molecule is CCCCCCCC/C=C\CCCCCCCC(=O)Nc1ccc([N+](=O)[O-])cn1. The molecule has 1 aromatic rings. The number of aromatic nitrogens is 1. The van der Waals surface area contributed by atoms with E-state index >= 15 is 0 Å². The number of allylic oxidation sites excluding steroid dienone is 2. The zero-order valence-corrected chi connectivity index (χ0v) is 17.9. The van der Waals surface area contributed by atoms with Crippen LogP contribution in [0.4, 0.5) is 11.5 Å². The minimum atomic E-state index is -0.510. The second-order valence-electron chi connectivity index (χ2n) is 7.54. The molecule has 0 saturated carbocycles. The Morgan fingerprint density at radius 1 is 0.966 bits per heavy atom. The largest absolute Gasteiger partial charge is 0.311 e. The van der Waals surface area contributed by atoms with Gasteiger partial charge in [-0.1, -0.05) is 70.4 Å². The van der Waals surface area contributed by atoms with Gasteiger partial charge in [-0.15, -0.1) is 0 Å². The predicted molar refractivity (Wildman–Crippen MR) is 119 cm³/mol. The van der Waals surface area contributed by atoms with E-state index in [1.54, 1.807) is 0 Å². The highest BCUT2D eigenvalue weighted by Crippen LogP contribution is 2.13. The molecule has 0 atom stereocenters. The van der Waals surface area contributed by atoms with E-state index in [-0.39, 0.29) is 11.6 Å². The van der Waals surface area contributed by atoms with Crippen molar-refractivity contribution in [3.8, 4) is 0 Å². The molecule has 1 N–H and O–H groups in total. The summed E-state index contributed by atoms with van der Waals surface area (Å²) in [6, 6.07) is 2.79. The number of hydrogen-bond donors (Lipinski definition) is 1. The Hall–Kier alpha value is -2.24. The van der Waals surface area contributed by atoms with Gasteiger partial charge in [-0.2, -0.15) is 0 Å². The van der Waals surface area contributed by atoms with Gasteiger partial charge in [0.2, 0.25) is 5.91 Å². The average Bonchev–Trinajstić information content (AvgIpc) is 2.71. The van der Waals surface area contributed by atoms with Gasteiger partial charge in [0.05, 0.1) is 4.92 Å². The molecule has 6 heteroatoms. The number of amides is 1. The molecular weight excluding hydrogens is 366 g/mol. The zero-order chi connectivity index (χ0) is 21.2. The van der Waals surface area contributed by atoms with Crippen molar-refractivity contribution in [2.75, 3.05) is 5.32 Å². The van der Waals surface area contributed by atoms with Gasteiger partial charge in [0, 0.05) is 12.5 Å². The summed E-state index contributed by atoms with van der Waals surface area (Å²) in [4.78, 5) is 25.8. The van der Waals surface area contributed by atoms with Crippen LogP contribution in [0.25, 0.3) is 0 Å². The second kappa shape index (κ2) is 16.7. The van der Waals surface area contributed by atoms with Gasteiger partial charge < -0.3 is 5.32 Å². The van der Waals surface area contributed by atoms with E-state index in [4.69, 9.17) is 0 Å². The zero-order valence-electron chi connectivity index (χ0n) is 17.9. The fourth-order valence-electron chi connectivity index (χ4n) is 3.13. The number of nitro groups is 1. The third-order valence-electron chi connectivity index (χ3n) is 4.89. The van der Waals surface area contributed by atoms with Crippen LogP contribution in [-0.4, -0.2) is 15.8 Å². The lowest BCUT2D eigenvalue weighted by atomic mass is 10.1. The van der Waals surface area contributed by atoms with Crippen molar-refractivity contribution in [3.63, 3.8) is 0 Å². The van der Waals surface area contributed by atoms with Gasteiger partial charge in [0.25, 0.3) is 5.69 Å². The van der Waals surface area contributed by atoms with Crippen molar-refractivity contribution < 1.29 is 9.72 Å². The highest BCUT2D eigenvalue weighted by Gasteiger charge is 2.07. The number of nitrogens with one attached hydrogen (secondary N) is 1. The van der Waals surface area contributed by atoms with Crippen LogP contribution in [0.3, 0.4) is 0 Å². The first-order chi connectivity index (χ1) is 14.1. The lowest BCUT2D eigenvalue weighted by Gasteiger charge is -2.04. The Labute approximate surface area is 175 Å². The second-order valence-corrected chi connectivity index (χ2v) is 7.54. The summed E-state index contributed by atoms with van der Waals surface area (Å²) < 4.78 is 0. The molecule has 0 fully saturated rings. The highest BCUT2D eigenvalue weighted by molar-refractivity contribution is 5.89. The third kappa shape index (κ3) is 13.6. The molecule has 29 heavy (non-hydrogen) atoms. The van der Waals surface area contributed by atoms with E-state index in [1.807, 2.05) is 0 Å². The fraction of sp³-hybridized carbons (Fsp3) is 0.652. The van der Waals surface area contributed by atoms with E-state index in [2.05, 4.69) is 29.4 Å². The lowest BCUT2D eigenvalue weighted by molar-refractivity contribution is -0.385. The van der Waals surface area contributed by atoms with Crippen molar-refractivity contribution in [2.45, 2.75) is 96.8 Å². The monoisotopic (exact) mass is 403 g/mol. The summed E-state index contributed by atoms with van der Waals surface area (Å²) in [5, 5.41) is 13.3. The topological polar surface area (TPSA) is 85.1 Å². The molecule has 0 unspecified atom stereocenters. The number of nitrogens with zero attached hydrogens (tertiary/aromatic N) is 2. The third-order valence-corrected chi connectivity index (χ3v) is 4.89. The number of anilines is 1. The molecule has 1 amide bonds. The summed E-state index contributed by atoms with van der Waals surface area (Å²) >= 11 is 0. The first kappa shape index (κ1) is 24.8. The summed E-state index contributed by atoms with van der Waals surface area (Å²) in [5.74, 6) is 0.261. The predicted octanol–water partition coefficient (Wildman–Crippen LogP) is 6.97. The van der Waals surface area contributed by atoms with Crippen LogP contribution in [0.1, 0.15) is 96.8 Å². The minimum absolute atomic E-state index is 0.0831. The quantitative estimate of drug-likeness (QED) is 0.132. The number of carbonyl (C=O) groups is 1. The van der Waals surface area contributed by atoms with E-state index in [9.17, 15) is 14.9 Å². The van der Waals surface area contributed by atoms with Gasteiger partial charge in [-0.3, -0.25) is 14.9 Å². The molecule has 0 aliphatic carbocycles. The number of unbranched alkanes of at least 4 members (excludes halogenated alkanes) is 11. The summed E-state index contributed by atoms with van der Waals surface area (Å²) in [6.45, 7) is 2.25. The van der Waals surface area contributed by atoms with Crippen molar-refractivity contribution in [2.24, 2.45) is 0 Å². The van der Waals surface area contributed by atoms with Gasteiger partial charge in [0.15, 0.2) is 0 Å². The van der Waals surface area contributed by atoms with E-state index in [1.165, 1.54) is 69.9 Å². The summed E-state index contributed by atoms with van der Waals surface area (Å²) in [6.07, 6.45) is 22.2. The first-order valence-corrected chi connectivity index (χ1v) is 11.2. The molecule has 0 radical (unpaired) electrons. The molecule has 6 nitrogen and oxygen atoms in total. The molecule has 1 heterocycles. The Bertz CT molecular complexity index is 600. The van der Waals surface area contributed by atoms with Crippen LogP contribution in [0, 0.1) is 10.1 Å². The van der Waals surface area contributed by atoms with Crippen molar-refractivity contribution in [1.29, 1.82) is 0 Å². The number of pyridine rings is 1. The Morgan fingerprint density at radius 2 is 1.55 bits per heavy atom. The maximum atomic E-state index is 11.9. The van der Waals surface area contributed by atoms with E-state index in [0.717, 1.165) is 31.9 Å². The molecule has 0 bridgehead atoms. The minimum Gasteiger partial charge on any atom is -0.311 e. The molecule has 0 spiro atoms. The molecule has 0 aliphatic rings. The number of hydrogen-bond acceptors (Lipinski definition) is 4. The van der Waals surface area contributed by atoms with Crippen LogP contribution in [0.5, 0.6) is 0 Å². The Balaban J connectivity index is 1.93. The van der Waals surface area contributed by atoms with Crippen molar-refractivity contribution >= 4 is 17.4 Å². The van der Waals surface area contributed by atoms with Gasteiger partial charge >= 0.3 is 0 Å². The van der Waals surface area contributed by atoms with Gasteiger partial charge in [-0.05, 0) is 38.2 Å². The van der Waals surface area contributed by atoms with Crippen molar-refractivity contribution in [1.82, 2.24) is 4.98 Å². The van der Waals surface area contributed by atoms with Crippen LogP contribution < -0.4 is 5.32 Å². The molecule has 162 valence electrons. The summed E-state index contributed by atoms with van der Waals surface area (Å²) in [7, 11) is 0. The standard InChI is InChI=1S/C23H37N3O3/c1-2-3-4-5-6-7-8-9-10-11-12-13-14-15-16-17-23(27)25-22-19-18-21(20-24-22)26(28)29/h9-10,18-20H,2-8,11-17H2,1H3,(H,24,25,27)/b10-9-. The average molecular weight is 404 g/mol. The van der Waals surface area contributed by atoms with Gasteiger partial charge in [0.1, 0.15) is 12.0 Å². The van der Waals surface area contributed by atoms with Crippen LogP contribution in [0.2, 0.25) is 0 Å². The maximum absolute atomic E-state index is 11.9. The van der Waals surface area contributed by atoms with Crippen LogP contribution in [0.15, 0.2) is 30.5 Å². The summed E-state index contributed by atoms with van der Waals surface area (Å²) in [5.41, 5.74) is -0.0831. The molecule has 1 aromatic heterocycles. The Kier molecular flexibility index (Phi) is 14.3. The maximum Gasteiger partial charge on any atom is 0.287 e. The van der Waals surface area contributed by atoms with E-state index < -0.39 is 4.92 Å². The van der Waals surface area contributed by atoms with Crippen LogP contribution >= 0.6 is 0 Å². The fourth-order valence-corrected chi connectivity index (χ4v) is 3.13.